The molecular weight excluding hydrogens is 306 g/mol. The molecule has 1 saturated heterocycles. The van der Waals surface area contributed by atoms with Gasteiger partial charge in [-0.2, -0.15) is 0 Å². The van der Waals surface area contributed by atoms with Gasteiger partial charge in [0, 0.05) is 15.5 Å². The number of hydrogen-bond acceptors (Lipinski definition) is 3. The first-order valence-electron chi connectivity index (χ1n) is 6.31. The van der Waals surface area contributed by atoms with Gasteiger partial charge < -0.3 is 4.74 Å². The van der Waals surface area contributed by atoms with Gasteiger partial charge in [0.15, 0.2) is 0 Å². The van der Waals surface area contributed by atoms with Gasteiger partial charge in [-0.05, 0) is 18.6 Å². The molecule has 3 rings (SSSR count). The molecule has 0 amide bonds. The summed E-state index contributed by atoms with van der Waals surface area (Å²) >= 11 is 3.55. The molecule has 1 aromatic heterocycles. The van der Waals surface area contributed by atoms with E-state index in [0.717, 1.165) is 35.5 Å². The minimum absolute atomic E-state index is 0.206. The summed E-state index contributed by atoms with van der Waals surface area (Å²) in [6, 6.07) is 6.13. The predicted molar refractivity (Wildman–Crippen MR) is 76.8 cm³/mol. The lowest BCUT2D eigenvalue weighted by Crippen LogP contribution is -2.43. The molecule has 2 aromatic rings. The van der Waals surface area contributed by atoms with Crippen LogP contribution < -0.4 is 0 Å². The van der Waals surface area contributed by atoms with E-state index in [1.165, 1.54) is 5.56 Å². The quantitative estimate of drug-likeness (QED) is 0.872. The van der Waals surface area contributed by atoms with Crippen molar-refractivity contribution >= 4 is 15.9 Å². The van der Waals surface area contributed by atoms with Crippen molar-refractivity contribution < 1.29 is 4.74 Å². The maximum atomic E-state index is 5.27. The maximum absolute atomic E-state index is 5.27. The third kappa shape index (κ3) is 2.44. The largest absolute Gasteiger partial charge is 0.380 e. The summed E-state index contributed by atoms with van der Waals surface area (Å²) in [5.74, 6) is 0. The van der Waals surface area contributed by atoms with Crippen LogP contribution in [-0.4, -0.2) is 28.2 Å². The van der Waals surface area contributed by atoms with Crippen LogP contribution in [-0.2, 0) is 11.3 Å². The predicted octanol–water partition coefficient (Wildman–Crippen LogP) is 3.05. The van der Waals surface area contributed by atoms with E-state index in [9.17, 15) is 0 Å². The molecule has 19 heavy (non-hydrogen) atoms. The molecule has 1 aromatic carbocycles. The Morgan fingerprint density at radius 2 is 2.21 bits per heavy atom. The first-order valence-corrected chi connectivity index (χ1v) is 7.10. The van der Waals surface area contributed by atoms with Crippen LogP contribution in [0.25, 0.3) is 11.3 Å². The first-order chi connectivity index (χ1) is 9.07. The van der Waals surface area contributed by atoms with Gasteiger partial charge in [-0.25, -0.2) is 0 Å². The number of halogens is 1. The monoisotopic (exact) mass is 321 g/mol. The number of benzene rings is 1. The summed E-state index contributed by atoms with van der Waals surface area (Å²) in [5.41, 5.74) is 3.43. The summed E-state index contributed by atoms with van der Waals surface area (Å²) in [4.78, 5) is 0. The van der Waals surface area contributed by atoms with Gasteiger partial charge in [0.25, 0.3) is 0 Å². The minimum Gasteiger partial charge on any atom is -0.380 e. The standard InChI is InChI=1S/C14H16BrN3O/c1-10-11(4-3-5-12(10)15)13-6-18(17-16-13)7-14(2)8-19-9-14/h3-6H,7-9H2,1-2H3. The van der Waals surface area contributed by atoms with Crippen LogP contribution in [0.2, 0.25) is 0 Å². The van der Waals surface area contributed by atoms with Crippen LogP contribution in [0.4, 0.5) is 0 Å². The van der Waals surface area contributed by atoms with Crippen LogP contribution in [0.1, 0.15) is 12.5 Å². The molecule has 100 valence electrons. The number of aromatic nitrogens is 3. The third-order valence-corrected chi connectivity index (χ3v) is 4.39. The fourth-order valence-corrected chi connectivity index (χ4v) is 2.68. The van der Waals surface area contributed by atoms with E-state index in [0.29, 0.717) is 0 Å². The van der Waals surface area contributed by atoms with Gasteiger partial charge in [-0.15, -0.1) is 5.10 Å². The summed E-state index contributed by atoms with van der Waals surface area (Å²) in [5, 5.41) is 8.51. The van der Waals surface area contributed by atoms with Crippen molar-refractivity contribution in [3.8, 4) is 11.3 Å². The molecule has 0 saturated carbocycles. The summed E-state index contributed by atoms with van der Waals surface area (Å²) in [6.07, 6.45) is 2.01. The average molecular weight is 322 g/mol. The van der Waals surface area contributed by atoms with E-state index in [2.05, 4.69) is 46.2 Å². The third-order valence-electron chi connectivity index (χ3n) is 3.53. The van der Waals surface area contributed by atoms with E-state index in [4.69, 9.17) is 4.74 Å². The topological polar surface area (TPSA) is 39.9 Å². The maximum Gasteiger partial charge on any atom is 0.113 e. The fourth-order valence-electron chi connectivity index (χ4n) is 2.32. The van der Waals surface area contributed by atoms with Crippen molar-refractivity contribution in [2.45, 2.75) is 20.4 Å². The highest BCUT2D eigenvalue weighted by Gasteiger charge is 2.34. The molecule has 5 heteroatoms. The molecule has 1 aliphatic heterocycles. The molecule has 0 spiro atoms. The van der Waals surface area contributed by atoms with Crippen molar-refractivity contribution in [3.05, 3.63) is 34.4 Å². The van der Waals surface area contributed by atoms with Gasteiger partial charge in [0.05, 0.1) is 26.0 Å². The highest BCUT2D eigenvalue weighted by molar-refractivity contribution is 9.10. The summed E-state index contributed by atoms with van der Waals surface area (Å²) in [7, 11) is 0. The Balaban J connectivity index is 1.86. The molecule has 0 aliphatic carbocycles. The smallest absolute Gasteiger partial charge is 0.113 e. The molecule has 2 heterocycles. The highest BCUT2D eigenvalue weighted by atomic mass is 79.9. The van der Waals surface area contributed by atoms with Crippen LogP contribution in [0.3, 0.4) is 0 Å². The van der Waals surface area contributed by atoms with Crippen molar-refractivity contribution in [1.82, 2.24) is 15.0 Å². The summed E-state index contributed by atoms with van der Waals surface area (Å²) < 4.78 is 8.28. The molecule has 1 aliphatic rings. The minimum atomic E-state index is 0.206. The Labute approximate surface area is 120 Å². The molecule has 0 atom stereocenters. The van der Waals surface area contributed by atoms with E-state index in [1.54, 1.807) is 0 Å². The number of hydrogen-bond donors (Lipinski definition) is 0. The Hall–Kier alpha value is -1.20. The molecule has 0 radical (unpaired) electrons. The lowest BCUT2D eigenvalue weighted by molar-refractivity contribution is -0.111. The number of ether oxygens (including phenoxy) is 1. The number of nitrogens with zero attached hydrogens (tertiary/aromatic N) is 3. The highest BCUT2D eigenvalue weighted by Crippen LogP contribution is 2.30. The lowest BCUT2D eigenvalue weighted by Gasteiger charge is -2.37. The van der Waals surface area contributed by atoms with Gasteiger partial charge >= 0.3 is 0 Å². The van der Waals surface area contributed by atoms with E-state index >= 15 is 0 Å². The second-order valence-electron chi connectivity index (χ2n) is 5.52. The van der Waals surface area contributed by atoms with Crippen LogP contribution in [0.5, 0.6) is 0 Å². The average Bonchev–Trinajstić information content (AvgIpc) is 2.79. The van der Waals surface area contributed by atoms with Crippen molar-refractivity contribution in [2.24, 2.45) is 5.41 Å². The molecular formula is C14H16BrN3O. The zero-order chi connectivity index (χ0) is 13.5. The second kappa shape index (κ2) is 4.72. The molecule has 4 nitrogen and oxygen atoms in total. The van der Waals surface area contributed by atoms with Crippen molar-refractivity contribution in [1.29, 1.82) is 0 Å². The van der Waals surface area contributed by atoms with Gasteiger partial charge in [0.1, 0.15) is 5.69 Å². The molecule has 0 unspecified atom stereocenters. The van der Waals surface area contributed by atoms with E-state index in [-0.39, 0.29) is 5.41 Å². The Kier molecular flexibility index (Phi) is 3.19. The Morgan fingerprint density at radius 3 is 2.89 bits per heavy atom. The van der Waals surface area contributed by atoms with Crippen LogP contribution in [0.15, 0.2) is 28.9 Å². The number of rotatable bonds is 3. The van der Waals surface area contributed by atoms with E-state index in [1.807, 2.05) is 23.0 Å². The second-order valence-corrected chi connectivity index (χ2v) is 6.37. The first kappa shape index (κ1) is 12.8. The summed E-state index contributed by atoms with van der Waals surface area (Å²) in [6.45, 7) is 6.75. The molecule has 1 fully saturated rings. The van der Waals surface area contributed by atoms with E-state index < -0.39 is 0 Å². The lowest BCUT2D eigenvalue weighted by atomic mass is 9.89. The zero-order valence-corrected chi connectivity index (χ0v) is 12.6. The van der Waals surface area contributed by atoms with Crippen molar-refractivity contribution in [3.63, 3.8) is 0 Å². The normalized spacial score (nSPS) is 17.2. The fraction of sp³-hybridized carbons (Fsp3) is 0.429. The van der Waals surface area contributed by atoms with Gasteiger partial charge in [-0.3, -0.25) is 4.68 Å². The Morgan fingerprint density at radius 1 is 1.42 bits per heavy atom. The van der Waals surface area contributed by atoms with Crippen LogP contribution in [0, 0.1) is 12.3 Å². The Bertz CT molecular complexity index is 604. The van der Waals surface area contributed by atoms with Gasteiger partial charge in [0.2, 0.25) is 0 Å². The SMILES string of the molecule is Cc1c(Br)cccc1-c1cn(CC2(C)COC2)nn1. The van der Waals surface area contributed by atoms with Gasteiger partial charge in [-0.1, -0.05) is 40.2 Å². The molecule has 0 N–H and O–H groups in total. The zero-order valence-electron chi connectivity index (χ0n) is 11.1. The van der Waals surface area contributed by atoms with Crippen molar-refractivity contribution in [2.75, 3.05) is 13.2 Å². The molecule has 0 bridgehead atoms. The van der Waals surface area contributed by atoms with Crippen LogP contribution >= 0.6 is 15.9 Å².